The van der Waals surface area contributed by atoms with E-state index in [1.807, 2.05) is 6.92 Å². The van der Waals surface area contributed by atoms with Crippen LogP contribution in [0, 0.1) is 0 Å². The van der Waals surface area contributed by atoms with Crippen molar-refractivity contribution in [1.29, 1.82) is 0 Å². The topological polar surface area (TPSA) is 46.5 Å². The average molecular weight is 196 g/mol. The van der Waals surface area contributed by atoms with Gasteiger partial charge >= 0.3 is 5.97 Å². The second-order valence-corrected chi connectivity index (χ2v) is 3.37. The summed E-state index contributed by atoms with van der Waals surface area (Å²) in [6, 6.07) is 0. The Kier molecular flexibility index (Phi) is 3.89. The molecule has 0 amide bonds. The lowest BCUT2D eigenvalue weighted by molar-refractivity contribution is -0.136. The van der Waals surface area contributed by atoms with Gasteiger partial charge in [-0.3, -0.25) is 0 Å². The van der Waals surface area contributed by atoms with Gasteiger partial charge in [-0.2, -0.15) is 0 Å². The van der Waals surface area contributed by atoms with E-state index in [4.69, 9.17) is 9.84 Å². The fourth-order valence-corrected chi connectivity index (χ4v) is 1.43. The van der Waals surface area contributed by atoms with Gasteiger partial charge in [0.05, 0.1) is 12.2 Å². The SMILES string of the molecule is CCC/C=C(\C)C1=C(CO)C(=O)OC1. The number of hydrogen-bond acceptors (Lipinski definition) is 3. The summed E-state index contributed by atoms with van der Waals surface area (Å²) in [6.45, 7) is 4.12. The van der Waals surface area contributed by atoms with Gasteiger partial charge in [-0.15, -0.1) is 0 Å². The number of unbranched alkanes of at least 4 members (excludes halogenated alkanes) is 1. The maximum absolute atomic E-state index is 11.1. The molecule has 0 aromatic carbocycles. The lowest BCUT2D eigenvalue weighted by Crippen LogP contribution is -2.02. The van der Waals surface area contributed by atoms with Crippen molar-refractivity contribution in [3.63, 3.8) is 0 Å². The number of carbonyl (C=O) groups excluding carboxylic acids is 1. The molecule has 0 aliphatic carbocycles. The van der Waals surface area contributed by atoms with Gasteiger partial charge in [0.1, 0.15) is 6.61 Å². The van der Waals surface area contributed by atoms with Crippen molar-refractivity contribution in [1.82, 2.24) is 0 Å². The lowest BCUT2D eigenvalue weighted by Gasteiger charge is -2.01. The highest BCUT2D eigenvalue weighted by Gasteiger charge is 2.24. The Labute approximate surface area is 84.1 Å². The summed E-state index contributed by atoms with van der Waals surface area (Å²) >= 11 is 0. The van der Waals surface area contributed by atoms with E-state index < -0.39 is 0 Å². The van der Waals surface area contributed by atoms with Crippen LogP contribution in [0.5, 0.6) is 0 Å². The molecule has 0 aromatic rings. The molecule has 1 rings (SSSR count). The highest BCUT2D eigenvalue weighted by atomic mass is 16.5. The van der Waals surface area contributed by atoms with Gasteiger partial charge in [0.25, 0.3) is 0 Å². The van der Waals surface area contributed by atoms with Crippen LogP contribution in [-0.2, 0) is 9.53 Å². The van der Waals surface area contributed by atoms with Crippen molar-refractivity contribution in [3.8, 4) is 0 Å². The number of aliphatic hydroxyl groups excluding tert-OH is 1. The Morgan fingerprint density at radius 2 is 2.36 bits per heavy atom. The van der Waals surface area contributed by atoms with Crippen molar-refractivity contribution < 1.29 is 14.6 Å². The van der Waals surface area contributed by atoms with Crippen LogP contribution in [0.3, 0.4) is 0 Å². The number of hydrogen-bond donors (Lipinski definition) is 1. The Morgan fingerprint density at radius 3 is 2.93 bits per heavy atom. The molecule has 0 fully saturated rings. The Hall–Kier alpha value is -1.09. The highest BCUT2D eigenvalue weighted by molar-refractivity contribution is 5.93. The molecule has 0 saturated carbocycles. The molecule has 3 heteroatoms. The zero-order valence-electron chi connectivity index (χ0n) is 8.67. The fourth-order valence-electron chi connectivity index (χ4n) is 1.43. The number of ether oxygens (including phenoxy) is 1. The van der Waals surface area contributed by atoms with Crippen LogP contribution in [0.4, 0.5) is 0 Å². The summed E-state index contributed by atoms with van der Waals surface area (Å²) in [5.41, 5.74) is 2.31. The first kappa shape index (κ1) is 11.0. The molecular formula is C11H16O3. The van der Waals surface area contributed by atoms with E-state index in [0.29, 0.717) is 12.2 Å². The van der Waals surface area contributed by atoms with Crippen LogP contribution in [0.15, 0.2) is 22.8 Å². The number of cyclic esters (lactones) is 1. The first-order valence-electron chi connectivity index (χ1n) is 4.87. The molecule has 14 heavy (non-hydrogen) atoms. The predicted molar refractivity (Wildman–Crippen MR) is 53.7 cm³/mol. The van der Waals surface area contributed by atoms with Crippen LogP contribution in [0.2, 0.25) is 0 Å². The Bertz CT molecular complexity index is 287. The predicted octanol–water partition coefficient (Wildman–Crippen LogP) is 1.58. The minimum atomic E-state index is -0.383. The van der Waals surface area contributed by atoms with Gasteiger partial charge in [-0.25, -0.2) is 4.79 Å². The van der Waals surface area contributed by atoms with Gasteiger partial charge in [-0.05, 0) is 18.9 Å². The molecule has 3 nitrogen and oxygen atoms in total. The highest BCUT2D eigenvalue weighted by Crippen LogP contribution is 2.22. The lowest BCUT2D eigenvalue weighted by atomic mass is 10.0. The second kappa shape index (κ2) is 4.96. The third-order valence-corrected chi connectivity index (χ3v) is 2.33. The summed E-state index contributed by atoms with van der Waals surface area (Å²) in [5.74, 6) is -0.383. The van der Waals surface area contributed by atoms with Crippen LogP contribution in [0.1, 0.15) is 26.7 Å². The van der Waals surface area contributed by atoms with E-state index in [0.717, 1.165) is 24.0 Å². The van der Waals surface area contributed by atoms with Gasteiger partial charge in [0.2, 0.25) is 0 Å². The van der Waals surface area contributed by atoms with E-state index in [9.17, 15) is 4.79 Å². The average Bonchev–Trinajstić information content (AvgIpc) is 2.55. The molecule has 0 atom stereocenters. The second-order valence-electron chi connectivity index (χ2n) is 3.37. The minimum Gasteiger partial charge on any atom is -0.457 e. The summed E-state index contributed by atoms with van der Waals surface area (Å²) in [5, 5.41) is 9.00. The number of aliphatic hydroxyl groups is 1. The summed E-state index contributed by atoms with van der Waals surface area (Å²) in [4.78, 5) is 11.1. The monoisotopic (exact) mass is 196 g/mol. The fraction of sp³-hybridized carbons (Fsp3) is 0.545. The molecule has 0 radical (unpaired) electrons. The molecule has 0 unspecified atom stereocenters. The van der Waals surface area contributed by atoms with Gasteiger partial charge in [0, 0.05) is 5.57 Å². The van der Waals surface area contributed by atoms with Crippen molar-refractivity contribution in [3.05, 3.63) is 22.8 Å². The normalized spacial score (nSPS) is 17.6. The molecule has 78 valence electrons. The largest absolute Gasteiger partial charge is 0.457 e. The van der Waals surface area contributed by atoms with Crippen LogP contribution < -0.4 is 0 Å². The quantitative estimate of drug-likeness (QED) is 0.694. The number of esters is 1. The van der Waals surface area contributed by atoms with Gasteiger partial charge in [0.15, 0.2) is 0 Å². The minimum absolute atomic E-state index is 0.231. The maximum atomic E-state index is 11.1. The smallest absolute Gasteiger partial charge is 0.337 e. The zero-order chi connectivity index (χ0) is 10.6. The molecule has 0 spiro atoms. The van der Waals surface area contributed by atoms with Gasteiger partial charge in [-0.1, -0.05) is 19.4 Å². The molecular weight excluding hydrogens is 180 g/mol. The molecule has 1 aliphatic heterocycles. The van der Waals surface area contributed by atoms with E-state index in [-0.39, 0.29) is 12.6 Å². The first-order chi connectivity index (χ1) is 6.70. The molecule has 1 aliphatic rings. The summed E-state index contributed by atoms with van der Waals surface area (Å²) in [6.07, 6.45) is 4.14. The first-order valence-corrected chi connectivity index (χ1v) is 4.87. The molecule has 1 heterocycles. The molecule has 1 N–H and O–H groups in total. The third kappa shape index (κ3) is 2.23. The third-order valence-electron chi connectivity index (χ3n) is 2.33. The molecule has 0 aromatic heterocycles. The number of allylic oxidation sites excluding steroid dienone is 1. The van der Waals surface area contributed by atoms with Crippen LogP contribution in [-0.4, -0.2) is 24.3 Å². The van der Waals surface area contributed by atoms with Crippen LogP contribution >= 0.6 is 0 Å². The van der Waals surface area contributed by atoms with Crippen molar-refractivity contribution in [2.75, 3.05) is 13.2 Å². The number of carbonyl (C=O) groups is 1. The van der Waals surface area contributed by atoms with Gasteiger partial charge < -0.3 is 9.84 Å². The van der Waals surface area contributed by atoms with E-state index in [1.165, 1.54) is 0 Å². The zero-order valence-corrected chi connectivity index (χ0v) is 8.67. The van der Waals surface area contributed by atoms with Crippen LogP contribution in [0.25, 0.3) is 0 Å². The van der Waals surface area contributed by atoms with E-state index in [2.05, 4.69) is 13.0 Å². The number of rotatable bonds is 4. The van der Waals surface area contributed by atoms with Crippen molar-refractivity contribution in [2.45, 2.75) is 26.7 Å². The standard InChI is InChI=1S/C11H16O3/c1-3-4-5-8(2)10-7-14-11(13)9(10)6-12/h5,12H,3-4,6-7H2,1-2H3/b8-5+. The molecule has 0 bridgehead atoms. The van der Waals surface area contributed by atoms with Crippen molar-refractivity contribution >= 4 is 5.97 Å². The summed E-state index contributed by atoms with van der Waals surface area (Å²) in [7, 11) is 0. The summed E-state index contributed by atoms with van der Waals surface area (Å²) < 4.78 is 4.86. The molecule has 0 saturated heterocycles. The maximum Gasteiger partial charge on any atom is 0.337 e. The van der Waals surface area contributed by atoms with E-state index >= 15 is 0 Å². The van der Waals surface area contributed by atoms with E-state index in [1.54, 1.807) is 0 Å². The Morgan fingerprint density at radius 1 is 1.64 bits per heavy atom. The Balaban J connectivity index is 2.85. The van der Waals surface area contributed by atoms with Crippen molar-refractivity contribution in [2.24, 2.45) is 0 Å².